The molecule has 1 aliphatic heterocycles. The van der Waals surface area contributed by atoms with Gasteiger partial charge in [-0.1, -0.05) is 23.7 Å². The number of amides is 2. The Kier molecular flexibility index (Phi) is 3.98. The monoisotopic (exact) mass is 316 g/mol. The molecule has 112 valence electrons. The van der Waals surface area contributed by atoms with Crippen molar-refractivity contribution in [3.8, 4) is 5.75 Å². The molecule has 1 atom stereocenters. The van der Waals surface area contributed by atoms with Crippen LogP contribution in [0.3, 0.4) is 0 Å². The van der Waals surface area contributed by atoms with E-state index in [1.165, 1.54) is 0 Å². The van der Waals surface area contributed by atoms with Gasteiger partial charge in [0.05, 0.1) is 12.1 Å². The molecule has 2 N–H and O–H groups in total. The second-order valence-electron chi connectivity index (χ2n) is 4.85. The summed E-state index contributed by atoms with van der Waals surface area (Å²) in [6, 6.07) is 13.8. The minimum atomic E-state index is -0.845. The van der Waals surface area contributed by atoms with Gasteiger partial charge in [0.15, 0.2) is 6.10 Å². The predicted molar refractivity (Wildman–Crippen MR) is 84.2 cm³/mol. The quantitative estimate of drug-likeness (QED) is 0.914. The van der Waals surface area contributed by atoms with Gasteiger partial charge < -0.3 is 15.4 Å². The molecule has 1 heterocycles. The van der Waals surface area contributed by atoms with E-state index >= 15 is 0 Å². The van der Waals surface area contributed by atoms with Crippen molar-refractivity contribution in [2.75, 3.05) is 10.6 Å². The van der Waals surface area contributed by atoms with Crippen molar-refractivity contribution in [1.82, 2.24) is 0 Å². The fourth-order valence-corrected chi connectivity index (χ4v) is 2.27. The SMILES string of the molecule is O=C(C[C@H]1Oc2ccccc2NC1=O)Nc1ccc(Cl)cc1. The molecule has 2 amide bonds. The van der Waals surface area contributed by atoms with E-state index in [4.69, 9.17) is 16.3 Å². The molecule has 22 heavy (non-hydrogen) atoms. The molecule has 0 spiro atoms. The van der Waals surface area contributed by atoms with E-state index < -0.39 is 6.10 Å². The van der Waals surface area contributed by atoms with E-state index in [2.05, 4.69) is 10.6 Å². The first-order valence-electron chi connectivity index (χ1n) is 6.74. The van der Waals surface area contributed by atoms with Crippen molar-refractivity contribution < 1.29 is 14.3 Å². The first-order valence-corrected chi connectivity index (χ1v) is 7.11. The highest BCUT2D eigenvalue weighted by molar-refractivity contribution is 6.30. The zero-order valence-corrected chi connectivity index (χ0v) is 12.3. The molecule has 0 bridgehead atoms. The van der Waals surface area contributed by atoms with Crippen LogP contribution in [0.2, 0.25) is 5.02 Å². The van der Waals surface area contributed by atoms with E-state index in [1.54, 1.807) is 48.5 Å². The van der Waals surface area contributed by atoms with Gasteiger partial charge in [0.1, 0.15) is 5.75 Å². The summed E-state index contributed by atoms with van der Waals surface area (Å²) < 4.78 is 5.58. The molecule has 2 aromatic rings. The topological polar surface area (TPSA) is 67.4 Å². The van der Waals surface area contributed by atoms with Crippen molar-refractivity contribution in [1.29, 1.82) is 0 Å². The van der Waals surface area contributed by atoms with Gasteiger partial charge in [0, 0.05) is 10.7 Å². The summed E-state index contributed by atoms with van der Waals surface area (Å²) in [6.45, 7) is 0. The Balaban J connectivity index is 1.64. The van der Waals surface area contributed by atoms with Gasteiger partial charge in [-0.2, -0.15) is 0 Å². The molecule has 0 fully saturated rings. The van der Waals surface area contributed by atoms with Crippen LogP contribution in [0.5, 0.6) is 5.75 Å². The Bertz CT molecular complexity index is 716. The van der Waals surface area contributed by atoms with E-state index in [-0.39, 0.29) is 18.2 Å². The number of hydrogen-bond acceptors (Lipinski definition) is 3. The maximum atomic E-state index is 12.0. The Morgan fingerprint density at radius 2 is 1.91 bits per heavy atom. The lowest BCUT2D eigenvalue weighted by atomic mass is 10.1. The Labute approximate surface area is 132 Å². The number of nitrogens with one attached hydrogen (secondary N) is 2. The zero-order valence-electron chi connectivity index (χ0n) is 11.5. The molecular formula is C16H13ClN2O3. The molecule has 0 aromatic heterocycles. The fraction of sp³-hybridized carbons (Fsp3) is 0.125. The third kappa shape index (κ3) is 3.20. The van der Waals surface area contributed by atoms with Crippen LogP contribution in [0.25, 0.3) is 0 Å². The second-order valence-corrected chi connectivity index (χ2v) is 5.29. The summed E-state index contributed by atoms with van der Waals surface area (Å²) in [6.07, 6.45) is -0.912. The molecule has 6 heteroatoms. The molecule has 2 aromatic carbocycles. The number of anilines is 2. The Morgan fingerprint density at radius 3 is 2.68 bits per heavy atom. The maximum Gasteiger partial charge on any atom is 0.266 e. The summed E-state index contributed by atoms with van der Waals surface area (Å²) in [4.78, 5) is 24.0. The number of hydrogen-bond donors (Lipinski definition) is 2. The van der Waals surface area contributed by atoms with E-state index in [1.807, 2.05) is 0 Å². The van der Waals surface area contributed by atoms with Crippen molar-refractivity contribution >= 4 is 34.8 Å². The maximum absolute atomic E-state index is 12.0. The summed E-state index contributed by atoms with van der Waals surface area (Å²) in [5.74, 6) is -0.0711. The highest BCUT2D eigenvalue weighted by Gasteiger charge is 2.29. The third-order valence-corrected chi connectivity index (χ3v) is 3.46. The van der Waals surface area contributed by atoms with Gasteiger partial charge in [0.25, 0.3) is 5.91 Å². The average molecular weight is 317 g/mol. The van der Waals surface area contributed by atoms with Crippen molar-refractivity contribution in [2.45, 2.75) is 12.5 Å². The number of fused-ring (bicyclic) bond motifs is 1. The van der Waals surface area contributed by atoms with Crippen LogP contribution in [0, 0.1) is 0 Å². The minimum Gasteiger partial charge on any atom is -0.478 e. The Hall–Kier alpha value is -2.53. The number of carbonyl (C=O) groups is 2. The summed E-state index contributed by atoms with van der Waals surface area (Å²) >= 11 is 5.79. The lowest BCUT2D eigenvalue weighted by molar-refractivity contribution is -0.128. The standard InChI is InChI=1S/C16H13ClN2O3/c17-10-5-7-11(8-6-10)18-15(20)9-14-16(21)19-12-3-1-2-4-13(12)22-14/h1-8,14H,9H2,(H,18,20)(H,19,21)/t14-/m1/s1. The van der Waals surface area contributed by atoms with Gasteiger partial charge >= 0.3 is 0 Å². The lowest BCUT2D eigenvalue weighted by Crippen LogP contribution is -2.39. The molecular weight excluding hydrogens is 304 g/mol. The van der Waals surface area contributed by atoms with Crippen molar-refractivity contribution in [3.63, 3.8) is 0 Å². The van der Waals surface area contributed by atoms with Crippen LogP contribution in [0.4, 0.5) is 11.4 Å². The van der Waals surface area contributed by atoms with E-state index in [0.29, 0.717) is 22.1 Å². The van der Waals surface area contributed by atoms with Crippen molar-refractivity contribution in [2.24, 2.45) is 0 Å². The van der Waals surface area contributed by atoms with Crippen LogP contribution in [0.1, 0.15) is 6.42 Å². The predicted octanol–water partition coefficient (Wildman–Crippen LogP) is 3.07. The largest absolute Gasteiger partial charge is 0.478 e. The number of rotatable bonds is 3. The first kappa shape index (κ1) is 14.4. The molecule has 0 saturated carbocycles. The van der Waals surface area contributed by atoms with Crippen molar-refractivity contribution in [3.05, 3.63) is 53.6 Å². The molecule has 0 saturated heterocycles. The lowest BCUT2D eigenvalue weighted by Gasteiger charge is -2.25. The summed E-state index contributed by atoms with van der Waals surface area (Å²) in [5.41, 5.74) is 1.23. The smallest absolute Gasteiger partial charge is 0.266 e. The number of benzene rings is 2. The highest BCUT2D eigenvalue weighted by atomic mass is 35.5. The second kappa shape index (κ2) is 6.07. The molecule has 1 aliphatic rings. The molecule has 0 aliphatic carbocycles. The van der Waals surface area contributed by atoms with Gasteiger partial charge in [0.2, 0.25) is 5.91 Å². The summed E-state index contributed by atoms with van der Waals surface area (Å²) in [5, 5.41) is 6.02. The van der Waals surface area contributed by atoms with Crippen LogP contribution < -0.4 is 15.4 Å². The van der Waals surface area contributed by atoms with E-state index in [0.717, 1.165) is 0 Å². The van der Waals surface area contributed by atoms with Gasteiger partial charge in [-0.25, -0.2) is 0 Å². The molecule has 0 radical (unpaired) electrons. The Morgan fingerprint density at radius 1 is 1.18 bits per heavy atom. The number of para-hydroxylation sites is 2. The number of carbonyl (C=O) groups excluding carboxylic acids is 2. The van der Waals surface area contributed by atoms with E-state index in [9.17, 15) is 9.59 Å². The number of ether oxygens (including phenoxy) is 1. The van der Waals surface area contributed by atoms with Gasteiger partial charge in [-0.3, -0.25) is 9.59 Å². The average Bonchev–Trinajstić information content (AvgIpc) is 2.50. The third-order valence-electron chi connectivity index (χ3n) is 3.21. The number of halogens is 1. The minimum absolute atomic E-state index is 0.0667. The van der Waals surface area contributed by atoms with Crippen LogP contribution in [-0.2, 0) is 9.59 Å². The molecule has 0 unspecified atom stereocenters. The molecule has 5 nitrogen and oxygen atoms in total. The van der Waals surface area contributed by atoms with Crippen LogP contribution >= 0.6 is 11.6 Å². The highest BCUT2D eigenvalue weighted by Crippen LogP contribution is 2.29. The van der Waals surface area contributed by atoms with Crippen LogP contribution in [-0.4, -0.2) is 17.9 Å². The molecule has 3 rings (SSSR count). The van der Waals surface area contributed by atoms with Crippen LogP contribution in [0.15, 0.2) is 48.5 Å². The summed E-state index contributed by atoms with van der Waals surface area (Å²) in [7, 11) is 0. The van der Waals surface area contributed by atoms with Gasteiger partial charge in [-0.05, 0) is 36.4 Å². The first-order chi connectivity index (χ1) is 10.6. The van der Waals surface area contributed by atoms with Gasteiger partial charge in [-0.15, -0.1) is 0 Å². The fourth-order valence-electron chi connectivity index (χ4n) is 2.14. The zero-order chi connectivity index (χ0) is 15.5. The normalized spacial score (nSPS) is 16.2.